The van der Waals surface area contributed by atoms with Gasteiger partial charge in [-0.25, -0.2) is 0 Å². The minimum absolute atomic E-state index is 0.0912. The first kappa shape index (κ1) is 20.4. The van der Waals surface area contributed by atoms with E-state index in [0.717, 1.165) is 11.1 Å². The Morgan fingerprint density at radius 1 is 1.14 bits per heavy atom. The van der Waals surface area contributed by atoms with Crippen molar-refractivity contribution in [2.75, 3.05) is 6.61 Å². The van der Waals surface area contributed by atoms with Crippen molar-refractivity contribution in [2.45, 2.75) is 20.5 Å². The molecule has 0 saturated heterocycles. The Kier molecular flexibility index (Phi) is 6.51. The maximum atomic E-state index is 11.1. The minimum atomic E-state index is -0.509. The first-order chi connectivity index (χ1) is 14.0. The Bertz CT molecular complexity index is 1030. The van der Waals surface area contributed by atoms with Crippen molar-refractivity contribution < 1.29 is 18.9 Å². The molecule has 0 spiro atoms. The number of halogens is 1. The summed E-state index contributed by atoms with van der Waals surface area (Å²) in [7, 11) is 0. The molecule has 0 bridgehead atoms. The number of rotatable bonds is 8. The zero-order valence-corrected chi connectivity index (χ0v) is 16.7. The summed E-state index contributed by atoms with van der Waals surface area (Å²) in [5.74, 6) is 1.26. The predicted molar refractivity (Wildman–Crippen MR) is 110 cm³/mol. The van der Waals surface area contributed by atoms with Crippen LogP contribution >= 0.6 is 11.6 Å². The van der Waals surface area contributed by atoms with Gasteiger partial charge in [-0.2, -0.15) is 0 Å². The number of hydrogen-bond acceptors (Lipinski definition) is 6. The van der Waals surface area contributed by atoms with Crippen molar-refractivity contribution in [3.63, 3.8) is 0 Å². The number of nitrogens with zero attached hydrogens (tertiary/aromatic N) is 2. The van der Waals surface area contributed by atoms with Gasteiger partial charge in [-0.15, -0.1) is 0 Å². The molecular weight excluding hydrogens is 396 g/mol. The van der Waals surface area contributed by atoms with Gasteiger partial charge in [0.2, 0.25) is 5.76 Å². The molecule has 1 heterocycles. The number of hydrogen-bond donors (Lipinski definition) is 0. The first-order valence-electron chi connectivity index (χ1n) is 8.90. The van der Waals surface area contributed by atoms with Crippen LogP contribution < -0.4 is 9.47 Å². The van der Waals surface area contributed by atoms with Gasteiger partial charge in [-0.3, -0.25) is 10.1 Å². The van der Waals surface area contributed by atoms with Crippen LogP contribution in [0.5, 0.6) is 11.5 Å². The molecular formula is C21H19ClN2O5. The van der Waals surface area contributed by atoms with Crippen LogP contribution in [-0.4, -0.2) is 16.7 Å². The van der Waals surface area contributed by atoms with E-state index < -0.39 is 4.92 Å². The van der Waals surface area contributed by atoms with Gasteiger partial charge in [0.1, 0.15) is 6.61 Å². The van der Waals surface area contributed by atoms with Gasteiger partial charge in [-0.05, 0) is 55.3 Å². The van der Waals surface area contributed by atoms with Crippen molar-refractivity contribution in [3.8, 4) is 11.5 Å². The van der Waals surface area contributed by atoms with Crippen LogP contribution in [0, 0.1) is 17.0 Å². The molecule has 0 radical (unpaired) electrons. The summed E-state index contributed by atoms with van der Waals surface area (Å²) in [6, 6.07) is 12.8. The van der Waals surface area contributed by atoms with Gasteiger partial charge in [-0.1, -0.05) is 41.0 Å². The SMILES string of the molecule is CCOc1cc(C=Cc2onc(C)c2[N+](=O)[O-])ccc1OCc1ccc(Cl)cc1. The molecule has 0 aliphatic heterocycles. The van der Waals surface area contributed by atoms with Gasteiger partial charge in [0.25, 0.3) is 0 Å². The zero-order chi connectivity index (χ0) is 20.8. The Morgan fingerprint density at radius 2 is 1.90 bits per heavy atom. The molecule has 3 aromatic rings. The Balaban J connectivity index is 1.78. The van der Waals surface area contributed by atoms with Crippen molar-refractivity contribution >= 4 is 29.4 Å². The fraction of sp³-hybridized carbons (Fsp3) is 0.190. The molecule has 2 aromatic carbocycles. The number of benzene rings is 2. The second kappa shape index (κ2) is 9.25. The van der Waals surface area contributed by atoms with E-state index in [9.17, 15) is 10.1 Å². The number of aryl methyl sites for hydroxylation is 1. The smallest absolute Gasteiger partial charge is 0.338 e. The monoisotopic (exact) mass is 414 g/mol. The fourth-order valence-corrected chi connectivity index (χ4v) is 2.77. The van der Waals surface area contributed by atoms with Gasteiger partial charge < -0.3 is 14.0 Å². The van der Waals surface area contributed by atoms with E-state index in [1.807, 2.05) is 37.3 Å². The van der Waals surface area contributed by atoms with Gasteiger partial charge in [0, 0.05) is 5.02 Å². The second-order valence-corrected chi connectivity index (χ2v) is 6.56. The van der Waals surface area contributed by atoms with E-state index >= 15 is 0 Å². The summed E-state index contributed by atoms with van der Waals surface area (Å²) in [4.78, 5) is 10.6. The van der Waals surface area contributed by atoms with Crippen LogP contribution in [0.15, 0.2) is 47.0 Å². The number of aromatic nitrogens is 1. The second-order valence-electron chi connectivity index (χ2n) is 6.13. The van der Waals surface area contributed by atoms with E-state index in [-0.39, 0.29) is 17.1 Å². The highest BCUT2D eigenvalue weighted by atomic mass is 35.5. The lowest BCUT2D eigenvalue weighted by Gasteiger charge is -2.13. The van der Waals surface area contributed by atoms with Crippen molar-refractivity contribution in [1.29, 1.82) is 0 Å². The number of ether oxygens (including phenoxy) is 2. The van der Waals surface area contributed by atoms with Crippen molar-refractivity contribution in [1.82, 2.24) is 5.16 Å². The number of nitro groups is 1. The van der Waals surface area contributed by atoms with Crippen LogP contribution in [0.2, 0.25) is 5.02 Å². The molecule has 150 valence electrons. The summed E-state index contributed by atoms with van der Waals surface area (Å²) >= 11 is 5.90. The molecule has 0 unspecified atom stereocenters. The zero-order valence-electron chi connectivity index (χ0n) is 15.9. The van der Waals surface area contributed by atoms with Crippen LogP contribution in [0.1, 0.15) is 29.5 Å². The molecule has 0 saturated carbocycles. The van der Waals surface area contributed by atoms with Crippen molar-refractivity contribution in [2.24, 2.45) is 0 Å². The Morgan fingerprint density at radius 3 is 2.59 bits per heavy atom. The normalized spacial score (nSPS) is 11.0. The highest BCUT2D eigenvalue weighted by Crippen LogP contribution is 2.31. The Labute approximate surface area is 172 Å². The summed E-state index contributed by atoms with van der Waals surface area (Å²) in [6.07, 6.45) is 3.20. The third-order valence-corrected chi connectivity index (χ3v) is 4.29. The Hall–Kier alpha value is -3.32. The molecule has 3 rings (SSSR count). The molecule has 29 heavy (non-hydrogen) atoms. The molecule has 7 nitrogen and oxygen atoms in total. The molecule has 0 aliphatic rings. The quantitative estimate of drug-likeness (QED) is 0.347. The first-order valence-corrected chi connectivity index (χ1v) is 9.28. The summed E-state index contributed by atoms with van der Waals surface area (Å²) < 4.78 is 16.6. The molecule has 8 heteroatoms. The standard InChI is InChI=1S/C21H19ClN2O5/c1-3-27-20-12-15(7-11-19-21(24(25)26)14(2)23-29-19)6-10-18(20)28-13-16-4-8-17(22)9-5-16/h4-12H,3,13H2,1-2H3. The highest BCUT2D eigenvalue weighted by Gasteiger charge is 2.21. The van der Waals surface area contributed by atoms with Crippen LogP contribution in [0.25, 0.3) is 12.2 Å². The van der Waals surface area contributed by atoms with Gasteiger partial charge in [0.05, 0.1) is 11.5 Å². The summed E-state index contributed by atoms with van der Waals surface area (Å²) in [5, 5.41) is 15.5. The molecule has 0 aliphatic carbocycles. The van der Waals surface area contributed by atoms with Crippen molar-refractivity contribution in [3.05, 3.63) is 80.2 Å². The molecule has 0 atom stereocenters. The van der Waals surface area contributed by atoms with E-state index in [0.29, 0.717) is 29.7 Å². The third-order valence-electron chi connectivity index (χ3n) is 4.04. The summed E-state index contributed by atoms with van der Waals surface area (Å²) in [5.41, 5.74) is 1.84. The average molecular weight is 415 g/mol. The third kappa shape index (κ3) is 5.14. The van der Waals surface area contributed by atoms with E-state index in [2.05, 4.69) is 5.16 Å². The predicted octanol–water partition coefficient (Wildman–Crippen LogP) is 5.69. The summed E-state index contributed by atoms with van der Waals surface area (Å²) in [6.45, 7) is 4.25. The topological polar surface area (TPSA) is 87.6 Å². The molecule has 0 N–H and O–H groups in total. The van der Waals surface area contributed by atoms with Crippen LogP contribution in [0.4, 0.5) is 5.69 Å². The average Bonchev–Trinajstić information content (AvgIpc) is 3.08. The highest BCUT2D eigenvalue weighted by molar-refractivity contribution is 6.30. The van der Waals surface area contributed by atoms with Gasteiger partial charge >= 0.3 is 5.69 Å². The maximum absolute atomic E-state index is 11.1. The van der Waals surface area contributed by atoms with E-state index in [1.54, 1.807) is 18.2 Å². The largest absolute Gasteiger partial charge is 0.490 e. The molecule has 0 amide bonds. The van der Waals surface area contributed by atoms with Crippen LogP contribution in [-0.2, 0) is 6.61 Å². The lowest BCUT2D eigenvalue weighted by molar-refractivity contribution is -0.386. The van der Waals surface area contributed by atoms with Gasteiger partial charge in [0.15, 0.2) is 17.2 Å². The molecule has 1 aromatic heterocycles. The van der Waals surface area contributed by atoms with Crippen LogP contribution in [0.3, 0.4) is 0 Å². The lowest BCUT2D eigenvalue weighted by Crippen LogP contribution is -2.00. The molecule has 0 fully saturated rings. The lowest BCUT2D eigenvalue weighted by atomic mass is 10.1. The minimum Gasteiger partial charge on any atom is -0.490 e. The maximum Gasteiger partial charge on any atom is 0.338 e. The van der Waals surface area contributed by atoms with E-state index in [4.69, 9.17) is 25.6 Å². The fourth-order valence-electron chi connectivity index (χ4n) is 2.64. The van der Waals surface area contributed by atoms with E-state index in [1.165, 1.54) is 13.0 Å².